The largest absolute Gasteiger partial charge is 0.462 e. The van der Waals surface area contributed by atoms with E-state index in [1.54, 1.807) is 0 Å². The first-order chi connectivity index (χ1) is 27.8. The van der Waals surface area contributed by atoms with Crippen LogP contribution in [0.4, 0.5) is 0 Å². The van der Waals surface area contributed by atoms with Crippen molar-refractivity contribution in [3.63, 3.8) is 0 Å². The summed E-state index contributed by atoms with van der Waals surface area (Å²) in [5, 5.41) is 0. The molecule has 338 valence electrons. The Morgan fingerprint density at radius 2 is 0.667 bits per heavy atom. The van der Waals surface area contributed by atoms with Crippen LogP contribution in [0.3, 0.4) is 0 Å². The molecule has 0 aliphatic rings. The highest BCUT2D eigenvalue weighted by atomic mass is 16.6. The molecule has 6 nitrogen and oxygen atoms in total. The van der Waals surface area contributed by atoms with Crippen molar-refractivity contribution in [1.29, 1.82) is 0 Å². The third kappa shape index (κ3) is 43.8. The smallest absolute Gasteiger partial charge is 0.306 e. The number of carbonyl (C=O) groups excluding carboxylic acids is 3. The highest BCUT2D eigenvalue weighted by molar-refractivity contribution is 5.71. The summed E-state index contributed by atoms with van der Waals surface area (Å²) in [6.07, 6.45) is 43.8. The van der Waals surface area contributed by atoms with Gasteiger partial charge in [-0.1, -0.05) is 240 Å². The molecule has 0 N–H and O–H groups in total. The molecular formula is C51H98O6. The summed E-state index contributed by atoms with van der Waals surface area (Å²) in [5.41, 5.74) is 0. The SMILES string of the molecule is CCCCCCCCCCCCCC(=O)OC[C@H](COC(=O)CCCCCCCCCCCCCCCCC(C)CC)OC(=O)CCCCCCCCCC(C)C. The summed E-state index contributed by atoms with van der Waals surface area (Å²) in [6.45, 7) is 11.4. The highest BCUT2D eigenvalue weighted by Crippen LogP contribution is 2.18. The zero-order chi connectivity index (χ0) is 41.9. The summed E-state index contributed by atoms with van der Waals surface area (Å²) in [4.78, 5) is 37.8. The normalized spacial score (nSPS) is 12.5. The van der Waals surface area contributed by atoms with Crippen molar-refractivity contribution >= 4 is 17.9 Å². The van der Waals surface area contributed by atoms with Crippen molar-refractivity contribution in [3.05, 3.63) is 0 Å². The van der Waals surface area contributed by atoms with Crippen LogP contribution < -0.4 is 0 Å². The fourth-order valence-corrected chi connectivity index (χ4v) is 7.60. The average Bonchev–Trinajstić information content (AvgIpc) is 3.19. The van der Waals surface area contributed by atoms with Crippen LogP contribution in [0.15, 0.2) is 0 Å². The molecule has 1 unspecified atom stereocenters. The molecule has 57 heavy (non-hydrogen) atoms. The van der Waals surface area contributed by atoms with E-state index in [1.807, 2.05) is 0 Å². The molecule has 0 amide bonds. The third-order valence-electron chi connectivity index (χ3n) is 11.8. The van der Waals surface area contributed by atoms with Gasteiger partial charge in [0.05, 0.1) is 0 Å². The number of hydrogen-bond acceptors (Lipinski definition) is 6. The molecule has 0 saturated heterocycles. The maximum absolute atomic E-state index is 12.7. The van der Waals surface area contributed by atoms with Crippen molar-refractivity contribution in [3.8, 4) is 0 Å². The van der Waals surface area contributed by atoms with Gasteiger partial charge in [-0.05, 0) is 31.1 Å². The van der Waals surface area contributed by atoms with E-state index in [-0.39, 0.29) is 31.1 Å². The maximum Gasteiger partial charge on any atom is 0.306 e. The zero-order valence-corrected chi connectivity index (χ0v) is 39.0. The number of esters is 3. The summed E-state index contributed by atoms with van der Waals surface area (Å²) in [7, 11) is 0. The molecule has 0 spiro atoms. The lowest BCUT2D eigenvalue weighted by Crippen LogP contribution is -2.30. The fourth-order valence-electron chi connectivity index (χ4n) is 7.60. The van der Waals surface area contributed by atoms with E-state index in [0.717, 1.165) is 69.6 Å². The minimum atomic E-state index is -0.761. The maximum atomic E-state index is 12.7. The number of rotatable bonds is 45. The minimum Gasteiger partial charge on any atom is -0.462 e. The molecule has 0 fully saturated rings. The van der Waals surface area contributed by atoms with Crippen molar-refractivity contribution in [2.75, 3.05) is 13.2 Å². The van der Waals surface area contributed by atoms with Crippen LogP contribution in [-0.4, -0.2) is 37.2 Å². The van der Waals surface area contributed by atoms with Gasteiger partial charge in [0.1, 0.15) is 13.2 Å². The van der Waals surface area contributed by atoms with Crippen molar-refractivity contribution in [1.82, 2.24) is 0 Å². The van der Waals surface area contributed by atoms with Gasteiger partial charge >= 0.3 is 17.9 Å². The summed E-state index contributed by atoms with van der Waals surface area (Å²) in [6, 6.07) is 0. The lowest BCUT2D eigenvalue weighted by Gasteiger charge is -2.18. The topological polar surface area (TPSA) is 78.9 Å². The van der Waals surface area contributed by atoms with Gasteiger partial charge in [-0.25, -0.2) is 0 Å². The number of unbranched alkanes of at least 4 members (excludes halogenated alkanes) is 29. The van der Waals surface area contributed by atoms with Crippen LogP contribution in [-0.2, 0) is 28.6 Å². The Hall–Kier alpha value is -1.59. The monoisotopic (exact) mass is 807 g/mol. The Bertz CT molecular complexity index is 872. The first-order valence-electron chi connectivity index (χ1n) is 25.3. The predicted molar refractivity (Wildman–Crippen MR) is 243 cm³/mol. The molecular weight excluding hydrogens is 709 g/mol. The van der Waals surface area contributed by atoms with Gasteiger partial charge in [-0.3, -0.25) is 14.4 Å². The predicted octanol–water partition coefficient (Wildman–Crippen LogP) is 16.1. The second-order valence-electron chi connectivity index (χ2n) is 18.2. The Balaban J connectivity index is 4.24. The molecule has 0 aromatic carbocycles. The second-order valence-corrected chi connectivity index (χ2v) is 18.2. The molecule has 0 rings (SSSR count). The second kappa shape index (κ2) is 44.0. The fraction of sp³-hybridized carbons (Fsp3) is 0.941. The number of carbonyl (C=O) groups is 3. The number of hydrogen-bond donors (Lipinski definition) is 0. The number of ether oxygens (including phenoxy) is 3. The van der Waals surface area contributed by atoms with Gasteiger partial charge in [-0.2, -0.15) is 0 Å². The van der Waals surface area contributed by atoms with Crippen molar-refractivity contribution in [2.45, 2.75) is 285 Å². The van der Waals surface area contributed by atoms with Gasteiger partial charge in [-0.15, -0.1) is 0 Å². The molecule has 0 bridgehead atoms. The Morgan fingerprint density at radius 1 is 0.368 bits per heavy atom. The van der Waals surface area contributed by atoms with E-state index in [4.69, 9.17) is 14.2 Å². The Labute approximate surface area is 355 Å². The summed E-state index contributed by atoms with van der Waals surface area (Å²) >= 11 is 0. The van der Waals surface area contributed by atoms with E-state index in [2.05, 4.69) is 34.6 Å². The molecule has 0 heterocycles. The van der Waals surface area contributed by atoms with Crippen LogP contribution in [0.25, 0.3) is 0 Å². The van der Waals surface area contributed by atoms with Crippen LogP contribution in [0.2, 0.25) is 0 Å². The summed E-state index contributed by atoms with van der Waals surface area (Å²) in [5.74, 6) is 0.820. The van der Waals surface area contributed by atoms with Crippen molar-refractivity contribution < 1.29 is 28.6 Å². The lowest BCUT2D eigenvalue weighted by molar-refractivity contribution is -0.167. The van der Waals surface area contributed by atoms with Gasteiger partial charge in [0.15, 0.2) is 6.10 Å². The van der Waals surface area contributed by atoms with Gasteiger partial charge in [0.25, 0.3) is 0 Å². The van der Waals surface area contributed by atoms with Crippen molar-refractivity contribution in [2.24, 2.45) is 11.8 Å². The molecule has 6 heteroatoms. The van der Waals surface area contributed by atoms with E-state index >= 15 is 0 Å². The first kappa shape index (κ1) is 55.4. The van der Waals surface area contributed by atoms with E-state index < -0.39 is 6.10 Å². The van der Waals surface area contributed by atoms with E-state index in [1.165, 1.54) is 167 Å². The van der Waals surface area contributed by atoms with E-state index in [0.29, 0.717) is 19.3 Å². The van der Waals surface area contributed by atoms with Crippen LogP contribution in [0.1, 0.15) is 279 Å². The zero-order valence-electron chi connectivity index (χ0n) is 39.0. The standard InChI is InChI=1S/C51H98O6/c1-6-8-9-10-11-12-17-21-26-31-36-41-49(52)55-44-48(57-51(54)43-38-33-28-23-24-29-34-39-46(3)4)45-56-50(53)42-37-32-27-22-19-16-14-13-15-18-20-25-30-35-40-47(5)7-2/h46-48H,6-45H2,1-5H3/t47?,48-/m1/s1. The van der Waals surface area contributed by atoms with Crippen LogP contribution in [0.5, 0.6) is 0 Å². The molecule has 0 aromatic rings. The third-order valence-corrected chi connectivity index (χ3v) is 11.8. The summed E-state index contributed by atoms with van der Waals surface area (Å²) < 4.78 is 16.8. The van der Waals surface area contributed by atoms with Gasteiger partial charge in [0, 0.05) is 19.3 Å². The van der Waals surface area contributed by atoms with Gasteiger partial charge in [0.2, 0.25) is 0 Å². The van der Waals surface area contributed by atoms with Crippen LogP contribution >= 0.6 is 0 Å². The Kier molecular flexibility index (Phi) is 42.7. The molecule has 0 radical (unpaired) electrons. The Morgan fingerprint density at radius 3 is 1.00 bits per heavy atom. The van der Waals surface area contributed by atoms with Crippen LogP contribution in [0, 0.1) is 11.8 Å². The molecule has 0 aromatic heterocycles. The molecule has 2 atom stereocenters. The highest BCUT2D eigenvalue weighted by Gasteiger charge is 2.19. The van der Waals surface area contributed by atoms with E-state index in [9.17, 15) is 14.4 Å². The first-order valence-corrected chi connectivity index (χ1v) is 25.3. The molecule has 0 aliphatic carbocycles. The molecule has 0 saturated carbocycles. The average molecular weight is 807 g/mol. The minimum absolute atomic E-state index is 0.0646. The quantitative estimate of drug-likeness (QED) is 0.0346. The van der Waals surface area contributed by atoms with Gasteiger partial charge < -0.3 is 14.2 Å². The molecule has 0 aliphatic heterocycles. The lowest BCUT2D eigenvalue weighted by atomic mass is 9.99.